The Bertz CT molecular complexity index is 602. The third kappa shape index (κ3) is 2.35. The van der Waals surface area contributed by atoms with Crippen LogP contribution in [-0.4, -0.2) is 10.2 Å². The summed E-state index contributed by atoms with van der Waals surface area (Å²) in [6.07, 6.45) is 0. The van der Waals surface area contributed by atoms with Gasteiger partial charge < -0.3 is 11.5 Å². The molecule has 2 rings (SSSR count). The lowest BCUT2D eigenvalue weighted by Gasteiger charge is -2.01. The normalized spacial score (nSPS) is 11.3. The van der Waals surface area contributed by atoms with Crippen LogP contribution in [0.2, 0.25) is 15.1 Å². The Morgan fingerprint density at radius 1 is 1.06 bits per heavy atom. The van der Waals surface area contributed by atoms with Crippen LogP contribution >= 0.6 is 34.8 Å². The maximum Gasteiger partial charge on any atom is 0.175 e. The molecule has 0 spiro atoms. The standard InChI is InChI=1S/C9H7Cl3N6/c10-3-1-2-4(6(12)5(3)11)15-16-7-8(13)17-18-9(7)14/h1-2H,(H5,13,14,17,18). The van der Waals surface area contributed by atoms with Crippen molar-refractivity contribution in [2.45, 2.75) is 0 Å². The Hall–Kier alpha value is -1.50. The number of hydrogen-bond donors (Lipinski definition) is 3. The molecule has 0 aliphatic heterocycles. The van der Waals surface area contributed by atoms with Crippen LogP contribution < -0.4 is 11.5 Å². The molecule has 1 aromatic heterocycles. The fraction of sp³-hybridized carbons (Fsp3) is 0. The zero-order valence-electron chi connectivity index (χ0n) is 8.78. The third-order valence-electron chi connectivity index (χ3n) is 2.07. The van der Waals surface area contributed by atoms with Crippen molar-refractivity contribution in [2.24, 2.45) is 10.2 Å². The van der Waals surface area contributed by atoms with Crippen LogP contribution in [0.5, 0.6) is 0 Å². The van der Waals surface area contributed by atoms with Gasteiger partial charge in [-0.3, -0.25) is 5.10 Å². The van der Waals surface area contributed by atoms with E-state index in [1.165, 1.54) is 0 Å². The molecule has 0 aliphatic carbocycles. The molecule has 0 radical (unpaired) electrons. The number of anilines is 2. The van der Waals surface area contributed by atoms with Crippen molar-refractivity contribution in [1.29, 1.82) is 0 Å². The van der Waals surface area contributed by atoms with E-state index >= 15 is 0 Å². The Balaban J connectivity index is 2.38. The van der Waals surface area contributed by atoms with E-state index in [4.69, 9.17) is 46.3 Å². The second-order valence-corrected chi connectivity index (χ2v) is 4.43. The molecule has 0 fully saturated rings. The summed E-state index contributed by atoms with van der Waals surface area (Å²) in [6.45, 7) is 0. The number of benzene rings is 1. The van der Waals surface area contributed by atoms with Crippen molar-refractivity contribution >= 4 is 57.8 Å². The summed E-state index contributed by atoms with van der Waals surface area (Å²) >= 11 is 17.6. The number of nitrogens with two attached hydrogens (primary N) is 2. The Labute approximate surface area is 117 Å². The fourth-order valence-corrected chi connectivity index (χ4v) is 1.73. The van der Waals surface area contributed by atoms with Crippen LogP contribution in [-0.2, 0) is 0 Å². The number of halogens is 3. The molecular weight excluding hydrogens is 298 g/mol. The van der Waals surface area contributed by atoms with Crippen LogP contribution in [0.1, 0.15) is 0 Å². The molecule has 0 atom stereocenters. The van der Waals surface area contributed by atoms with Crippen LogP contribution in [0.15, 0.2) is 22.4 Å². The molecule has 0 unspecified atom stereocenters. The summed E-state index contributed by atoms with van der Waals surface area (Å²) in [7, 11) is 0. The first kappa shape index (κ1) is 12.9. The number of aromatic amines is 1. The van der Waals surface area contributed by atoms with Gasteiger partial charge in [0.05, 0.1) is 15.1 Å². The molecule has 6 nitrogen and oxygen atoms in total. The molecule has 0 saturated carbocycles. The van der Waals surface area contributed by atoms with Crippen LogP contribution in [0, 0.1) is 0 Å². The van der Waals surface area contributed by atoms with Crippen molar-refractivity contribution in [3.8, 4) is 0 Å². The zero-order valence-corrected chi connectivity index (χ0v) is 11.1. The quantitative estimate of drug-likeness (QED) is 0.577. The van der Waals surface area contributed by atoms with Crippen LogP contribution in [0.4, 0.5) is 23.0 Å². The van der Waals surface area contributed by atoms with E-state index in [2.05, 4.69) is 20.4 Å². The first-order valence-electron chi connectivity index (χ1n) is 4.65. The molecular formula is C9H7Cl3N6. The SMILES string of the molecule is Nc1n[nH]c(N)c1N=Nc1ccc(Cl)c(Cl)c1Cl. The number of hydrogen-bond acceptors (Lipinski definition) is 5. The van der Waals surface area contributed by atoms with Gasteiger partial charge >= 0.3 is 0 Å². The largest absolute Gasteiger partial charge is 0.382 e. The Morgan fingerprint density at radius 3 is 2.39 bits per heavy atom. The van der Waals surface area contributed by atoms with E-state index in [1.807, 2.05) is 0 Å². The minimum Gasteiger partial charge on any atom is -0.382 e. The first-order valence-corrected chi connectivity index (χ1v) is 5.78. The maximum absolute atomic E-state index is 5.96. The van der Waals surface area contributed by atoms with Gasteiger partial charge in [-0.2, -0.15) is 5.10 Å². The average molecular weight is 306 g/mol. The highest BCUT2D eigenvalue weighted by atomic mass is 35.5. The number of nitrogen functional groups attached to an aromatic ring is 2. The molecule has 1 aromatic carbocycles. The number of azo groups is 1. The van der Waals surface area contributed by atoms with Gasteiger partial charge in [-0.25, -0.2) is 0 Å². The monoisotopic (exact) mass is 304 g/mol. The van der Waals surface area contributed by atoms with Crippen molar-refractivity contribution in [3.63, 3.8) is 0 Å². The van der Waals surface area contributed by atoms with Gasteiger partial charge in [0.25, 0.3) is 0 Å². The van der Waals surface area contributed by atoms with Gasteiger partial charge in [0.2, 0.25) is 0 Å². The topological polar surface area (TPSA) is 105 Å². The lowest BCUT2D eigenvalue weighted by Crippen LogP contribution is -1.84. The number of nitrogens with zero attached hydrogens (tertiary/aromatic N) is 3. The minimum absolute atomic E-state index is 0.146. The summed E-state index contributed by atoms with van der Waals surface area (Å²) < 4.78 is 0. The van der Waals surface area contributed by atoms with Gasteiger partial charge in [0.15, 0.2) is 11.5 Å². The summed E-state index contributed by atoms with van der Waals surface area (Å²) in [5.74, 6) is 0.361. The molecule has 0 aliphatic rings. The average Bonchev–Trinajstić information content (AvgIpc) is 2.66. The summed E-state index contributed by atoms with van der Waals surface area (Å²) in [5.41, 5.74) is 11.7. The Kier molecular flexibility index (Phi) is 3.60. The second-order valence-electron chi connectivity index (χ2n) is 3.27. The number of H-pyrrole nitrogens is 1. The van der Waals surface area contributed by atoms with Gasteiger partial charge in [0, 0.05) is 0 Å². The number of nitrogens with one attached hydrogen (secondary N) is 1. The van der Waals surface area contributed by atoms with Crippen molar-refractivity contribution in [2.75, 3.05) is 11.5 Å². The van der Waals surface area contributed by atoms with E-state index in [0.717, 1.165) is 0 Å². The van der Waals surface area contributed by atoms with Crippen molar-refractivity contribution in [1.82, 2.24) is 10.2 Å². The highest BCUT2D eigenvalue weighted by molar-refractivity contribution is 6.49. The molecule has 94 valence electrons. The molecule has 1 heterocycles. The van der Waals surface area contributed by atoms with E-state index in [1.54, 1.807) is 12.1 Å². The highest BCUT2D eigenvalue weighted by Crippen LogP contribution is 2.38. The molecule has 0 amide bonds. The second kappa shape index (κ2) is 5.01. The lowest BCUT2D eigenvalue weighted by atomic mass is 10.3. The maximum atomic E-state index is 5.96. The fourth-order valence-electron chi connectivity index (χ4n) is 1.17. The summed E-state index contributed by atoms with van der Waals surface area (Å²) in [4.78, 5) is 0. The molecule has 0 bridgehead atoms. The van der Waals surface area contributed by atoms with E-state index < -0.39 is 0 Å². The highest BCUT2D eigenvalue weighted by Gasteiger charge is 2.10. The first-order chi connectivity index (χ1) is 8.50. The van der Waals surface area contributed by atoms with Crippen LogP contribution in [0.3, 0.4) is 0 Å². The Morgan fingerprint density at radius 2 is 1.78 bits per heavy atom. The smallest absolute Gasteiger partial charge is 0.175 e. The molecule has 5 N–H and O–H groups in total. The summed E-state index contributed by atoms with van der Waals surface area (Å²) in [5, 5.41) is 14.7. The summed E-state index contributed by atoms with van der Waals surface area (Å²) in [6, 6.07) is 3.14. The number of rotatable bonds is 2. The zero-order chi connectivity index (χ0) is 13.3. The van der Waals surface area contributed by atoms with Gasteiger partial charge in [-0.1, -0.05) is 34.8 Å². The predicted molar refractivity (Wildman–Crippen MR) is 73.1 cm³/mol. The minimum atomic E-state index is 0.146. The molecule has 9 heteroatoms. The lowest BCUT2D eigenvalue weighted by molar-refractivity contribution is 1.11. The van der Waals surface area contributed by atoms with E-state index in [9.17, 15) is 0 Å². The third-order valence-corrected chi connectivity index (χ3v) is 3.35. The predicted octanol–water partition coefficient (Wildman–Crippen LogP) is 3.95. The molecule has 0 saturated heterocycles. The number of aromatic nitrogens is 2. The van der Waals surface area contributed by atoms with Crippen molar-refractivity contribution in [3.05, 3.63) is 27.2 Å². The molecule has 2 aromatic rings. The van der Waals surface area contributed by atoms with E-state index in [0.29, 0.717) is 10.7 Å². The van der Waals surface area contributed by atoms with Crippen LogP contribution in [0.25, 0.3) is 0 Å². The van der Waals surface area contributed by atoms with Gasteiger partial charge in [-0.15, -0.1) is 10.2 Å². The molecule has 18 heavy (non-hydrogen) atoms. The van der Waals surface area contributed by atoms with Gasteiger partial charge in [0.1, 0.15) is 11.5 Å². The van der Waals surface area contributed by atoms with E-state index in [-0.39, 0.29) is 27.4 Å². The van der Waals surface area contributed by atoms with Gasteiger partial charge in [-0.05, 0) is 12.1 Å². The van der Waals surface area contributed by atoms with Crippen molar-refractivity contribution < 1.29 is 0 Å².